The third-order valence-corrected chi connectivity index (χ3v) is 3.56. The van der Waals surface area contributed by atoms with Gasteiger partial charge in [0.05, 0.1) is 11.6 Å². The maximum atomic E-state index is 11.3. The van der Waals surface area contributed by atoms with Crippen LogP contribution in [0, 0.1) is 0 Å². The summed E-state index contributed by atoms with van der Waals surface area (Å²) >= 11 is 0. The highest BCUT2D eigenvalue weighted by Crippen LogP contribution is 2.20. The molecule has 1 heterocycles. The number of rotatable bonds is 6. The van der Waals surface area contributed by atoms with Crippen molar-refractivity contribution in [3.8, 4) is 0 Å². The van der Waals surface area contributed by atoms with Gasteiger partial charge in [-0.15, -0.1) is 5.10 Å². The summed E-state index contributed by atoms with van der Waals surface area (Å²) in [5, 5.41) is 17.5. The number of carbonyl (C=O) groups is 1. The van der Waals surface area contributed by atoms with E-state index in [-0.39, 0.29) is 11.6 Å². The van der Waals surface area contributed by atoms with Gasteiger partial charge in [0.25, 0.3) is 0 Å². The first-order chi connectivity index (χ1) is 9.58. The Hall–Kier alpha value is -1.95. The van der Waals surface area contributed by atoms with Crippen molar-refractivity contribution in [2.45, 2.75) is 26.8 Å². The summed E-state index contributed by atoms with van der Waals surface area (Å²) in [5.41, 5.74) is 1.47. The maximum Gasteiger partial charge on any atom is 0.337 e. The third-order valence-electron chi connectivity index (χ3n) is 3.56. The second-order valence-corrected chi connectivity index (χ2v) is 4.85. The van der Waals surface area contributed by atoms with Gasteiger partial charge in [0, 0.05) is 6.54 Å². The summed E-state index contributed by atoms with van der Waals surface area (Å²) < 4.78 is 1.72. The fourth-order valence-electron chi connectivity index (χ4n) is 2.41. The molecule has 1 N–H and O–H groups in total. The molecular weight excluding hydrogens is 256 g/mol. The lowest BCUT2D eigenvalue weighted by molar-refractivity contribution is 0.0698. The summed E-state index contributed by atoms with van der Waals surface area (Å²) in [6.45, 7) is 8.99. The lowest BCUT2D eigenvalue weighted by Crippen LogP contribution is -2.30. The predicted molar refractivity (Wildman–Crippen MR) is 77.0 cm³/mol. The van der Waals surface area contributed by atoms with Crippen LogP contribution < -0.4 is 0 Å². The highest BCUT2D eigenvalue weighted by Gasteiger charge is 2.18. The molecule has 20 heavy (non-hydrogen) atoms. The second-order valence-electron chi connectivity index (χ2n) is 4.85. The SMILES string of the molecule is CCN(CC)CC(C)n1nnc2cccc(C(=O)O)c21. The van der Waals surface area contributed by atoms with Gasteiger partial charge in [0.1, 0.15) is 11.0 Å². The van der Waals surface area contributed by atoms with E-state index >= 15 is 0 Å². The Kier molecular flexibility index (Phi) is 4.34. The lowest BCUT2D eigenvalue weighted by Gasteiger charge is -2.23. The van der Waals surface area contributed by atoms with Gasteiger partial charge in [-0.2, -0.15) is 0 Å². The first-order valence-corrected chi connectivity index (χ1v) is 6.88. The number of nitrogens with zero attached hydrogens (tertiary/aromatic N) is 4. The van der Waals surface area contributed by atoms with Gasteiger partial charge in [-0.05, 0) is 32.1 Å². The fraction of sp³-hybridized carbons (Fsp3) is 0.500. The first kappa shape index (κ1) is 14.5. The number of carboxylic acid groups (broad SMARTS) is 1. The van der Waals surface area contributed by atoms with E-state index in [1.165, 1.54) is 0 Å². The largest absolute Gasteiger partial charge is 0.478 e. The lowest BCUT2D eigenvalue weighted by atomic mass is 10.1. The Bertz CT molecular complexity index is 604. The second kappa shape index (κ2) is 6.00. The fourth-order valence-corrected chi connectivity index (χ4v) is 2.41. The van der Waals surface area contributed by atoms with Crippen LogP contribution in [0.3, 0.4) is 0 Å². The van der Waals surface area contributed by atoms with Crippen molar-refractivity contribution in [3.63, 3.8) is 0 Å². The van der Waals surface area contributed by atoms with Crippen LogP contribution in [-0.2, 0) is 0 Å². The van der Waals surface area contributed by atoms with Crippen molar-refractivity contribution >= 4 is 17.0 Å². The Morgan fingerprint density at radius 2 is 2.10 bits per heavy atom. The van der Waals surface area contributed by atoms with Gasteiger partial charge >= 0.3 is 5.97 Å². The van der Waals surface area contributed by atoms with Gasteiger partial charge in [-0.25, -0.2) is 9.48 Å². The number of hydrogen-bond donors (Lipinski definition) is 1. The smallest absolute Gasteiger partial charge is 0.337 e. The Morgan fingerprint density at radius 1 is 1.40 bits per heavy atom. The molecule has 0 saturated carbocycles. The van der Waals surface area contributed by atoms with Gasteiger partial charge in [-0.3, -0.25) is 0 Å². The molecule has 0 saturated heterocycles. The number of benzene rings is 1. The number of fused-ring (bicyclic) bond motifs is 1. The monoisotopic (exact) mass is 276 g/mol. The highest BCUT2D eigenvalue weighted by molar-refractivity contribution is 6.00. The number of para-hydroxylation sites is 1. The zero-order valence-corrected chi connectivity index (χ0v) is 12.1. The molecule has 0 radical (unpaired) electrons. The predicted octanol–water partition coefficient (Wildman–Crippen LogP) is 2.03. The van der Waals surface area contributed by atoms with E-state index in [2.05, 4.69) is 29.1 Å². The van der Waals surface area contributed by atoms with Crippen molar-refractivity contribution in [1.29, 1.82) is 0 Å². The zero-order chi connectivity index (χ0) is 14.7. The third kappa shape index (κ3) is 2.65. The van der Waals surface area contributed by atoms with E-state index < -0.39 is 5.97 Å². The van der Waals surface area contributed by atoms with Crippen molar-refractivity contribution in [2.24, 2.45) is 0 Å². The molecular formula is C14H20N4O2. The van der Waals surface area contributed by atoms with Crippen LogP contribution in [0.15, 0.2) is 18.2 Å². The van der Waals surface area contributed by atoms with Crippen LogP contribution in [0.5, 0.6) is 0 Å². The van der Waals surface area contributed by atoms with E-state index in [1.54, 1.807) is 22.9 Å². The minimum Gasteiger partial charge on any atom is -0.478 e. The number of likely N-dealkylation sites (N-methyl/N-ethyl adjacent to an activating group) is 1. The topological polar surface area (TPSA) is 71.2 Å². The Balaban J connectivity index is 2.41. The molecule has 0 aliphatic carbocycles. The van der Waals surface area contributed by atoms with Gasteiger partial charge in [0.2, 0.25) is 0 Å². The molecule has 0 fully saturated rings. The summed E-state index contributed by atoms with van der Waals surface area (Å²) in [6.07, 6.45) is 0. The van der Waals surface area contributed by atoms with Crippen LogP contribution in [0.2, 0.25) is 0 Å². The van der Waals surface area contributed by atoms with E-state index in [0.29, 0.717) is 11.0 Å². The minimum absolute atomic E-state index is 0.0698. The summed E-state index contributed by atoms with van der Waals surface area (Å²) in [6, 6.07) is 5.14. The molecule has 0 spiro atoms. The molecule has 6 nitrogen and oxygen atoms in total. The molecule has 6 heteroatoms. The number of aromatic carboxylic acids is 1. The standard InChI is InChI=1S/C14H20N4O2/c1-4-17(5-2)9-10(3)18-13-11(14(19)20)7-6-8-12(13)15-16-18/h6-8,10H,4-5,9H2,1-3H3,(H,19,20). The molecule has 1 aromatic carbocycles. The van der Waals surface area contributed by atoms with E-state index in [4.69, 9.17) is 0 Å². The molecule has 0 amide bonds. The quantitative estimate of drug-likeness (QED) is 0.874. The highest BCUT2D eigenvalue weighted by atomic mass is 16.4. The Labute approximate surface area is 118 Å². The molecule has 0 bridgehead atoms. The molecule has 0 aliphatic rings. The van der Waals surface area contributed by atoms with Crippen LogP contribution in [0.25, 0.3) is 11.0 Å². The van der Waals surface area contributed by atoms with Crippen LogP contribution in [-0.4, -0.2) is 50.6 Å². The average Bonchev–Trinajstić information content (AvgIpc) is 2.88. The van der Waals surface area contributed by atoms with E-state index in [0.717, 1.165) is 19.6 Å². The molecule has 2 rings (SSSR count). The summed E-state index contributed by atoms with van der Waals surface area (Å²) in [5.74, 6) is -0.950. The van der Waals surface area contributed by atoms with Gasteiger partial charge in [-0.1, -0.05) is 25.1 Å². The average molecular weight is 276 g/mol. The minimum atomic E-state index is -0.950. The number of aromatic nitrogens is 3. The number of carboxylic acids is 1. The molecule has 2 aromatic rings. The zero-order valence-electron chi connectivity index (χ0n) is 12.1. The Morgan fingerprint density at radius 3 is 2.70 bits per heavy atom. The van der Waals surface area contributed by atoms with Crippen LogP contribution in [0.4, 0.5) is 0 Å². The van der Waals surface area contributed by atoms with Crippen molar-refractivity contribution in [1.82, 2.24) is 19.9 Å². The van der Waals surface area contributed by atoms with Crippen molar-refractivity contribution in [3.05, 3.63) is 23.8 Å². The molecule has 1 unspecified atom stereocenters. The van der Waals surface area contributed by atoms with Gasteiger partial charge < -0.3 is 10.0 Å². The van der Waals surface area contributed by atoms with Crippen molar-refractivity contribution < 1.29 is 9.90 Å². The first-order valence-electron chi connectivity index (χ1n) is 6.88. The van der Waals surface area contributed by atoms with Gasteiger partial charge in [0.15, 0.2) is 0 Å². The van der Waals surface area contributed by atoms with Crippen molar-refractivity contribution in [2.75, 3.05) is 19.6 Å². The van der Waals surface area contributed by atoms with E-state index in [1.807, 2.05) is 6.92 Å². The molecule has 0 aliphatic heterocycles. The maximum absolute atomic E-state index is 11.3. The van der Waals surface area contributed by atoms with Crippen LogP contribution in [0.1, 0.15) is 37.2 Å². The normalized spacial score (nSPS) is 13.0. The summed E-state index contributed by atoms with van der Waals surface area (Å²) in [4.78, 5) is 13.6. The van der Waals surface area contributed by atoms with E-state index in [9.17, 15) is 9.90 Å². The molecule has 108 valence electrons. The van der Waals surface area contributed by atoms with Crippen LogP contribution >= 0.6 is 0 Å². The number of hydrogen-bond acceptors (Lipinski definition) is 4. The summed E-state index contributed by atoms with van der Waals surface area (Å²) in [7, 11) is 0. The molecule has 1 atom stereocenters. The molecule has 1 aromatic heterocycles.